The third kappa shape index (κ3) is 4.31. The molecule has 0 aliphatic carbocycles. The summed E-state index contributed by atoms with van der Waals surface area (Å²) in [7, 11) is 0. The average Bonchev–Trinajstić information content (AvgIpc) is 2.55. The Morgan fingerprint density at radius 3 is 2.32 bits per heavy atom. The van der Waals surface area contributed by atoms with Gasteiger partial charge >= 0.3 is 0 Å². The van der Waals surface area contributed by atoms with E-state index in [1.165, 1.54) is 0 Å². The largest absolute Gasteiger partial charge is 0.393 e. The van der Waals surface area contributed by atoms with Crippen LogP contribution in [-0.2, 0) is 4.79 Å². The van der Waals surface area contributed by atoms with E-state index >= 15 is 0 Å². The summed E-state index contributed by atoms with van der Waals surface area (Å²) in [5, 5.41) is 12.8. The lowest BCUT2D eigenvalue weighted by Crippen LogP contribution is -2.49. The fourth-order valence-electron chi connectivity index (χ4n) is 3.11. The van der Waals surface area contributed by atoms with E-state index < -0.39 is 0 Å². The molecule has 3 atom stereocenters. The van der Waals surface area contributed by atoms with E-state index in [1.54, 1.807) is 0 Å². The van der Waals surface area contributed by atoms with Crippen LogP contribution in [0.5, 0.6) is 0 Å². The van der Waals surface area contributed by atoms with Crippen LogP contribution in [0.15, 0.2) is 30.3 Å². The average molecular weight is 304 g/mol. The topological polar surface area (TPSA) is 52.6 Å². The SMILES string of the molecule is CC(NC(=O)C(C)N1CCC(C(C)O)CC1)c1ccccc1. The molecule has 22 heavy (non-hydrogen) atoms. The zero-order valence-corrected chi connectivity index (χ0v) is 13.8. The highest BCUT2D eigenvalue weighted by molar-refractivity contribution is 5.81. The molecule has 1 aliphatic rings. The second-order valence-electron chi connectivity index (χ2n) is 6.43. The van der Waals surface area contributed by atoms with Crippen molar-refractivity contribution in [1.29, 1.82) is 0 Å². The van der Waals surface area contributed by atoms with Gasteiger partial charge in [-0.1, -0.05) is 30.3 Å². The zero-order chi connectivity index (χ0) is 16.1. The molecule has 2 N–H and O–H groups in total. The maximum atomic E-state index is 12.4. The van der Waals surface area contributed by atoms with Crippen LogP contribution in [0.3, 0.4) is 0 Å². The van der Waals surface area contributed by atoms with Crippen LogP contribution >= 0.6 is 0 Å². The maximum absolute atomic E-state index is 12.4. The molecule has 1 fully saturated rings. The van der Waals surface area contributed by atoms with Gasteiger partial charge in [-0.15, -0.1) is 0 Å². The first-order chi connectivity index (χ1) is 10.5. The molecule has 0 radical (unpaired) electrons. The normalized spacial score (nSPS) is 21.1. The number of nitrogens with one attached hydrogen (secondary N) is 1. The molecule has 1 aromatic carbocycles. The fourth-order valence-corrected chi connectivity index (χ4v) is 3.11. The van der Waals surface area contributed by atoms with E-state index in [0.717, 1.165) is 31.5 Å². The van der Waals surface area contributed by atoms with Crippen LogP contribution in [0.2, 0.25) is 0 Å². The Labute approximate surface area is 133 Å². The van der Waals surface area contributed by atoms with Crippen LogP contribution < -0.4 is 5.32 Å². The lowest BCUT2D eigenvalue weighted by Gasteiger charge is -2.36. The van der Waals surface area contributed by atoms with Gasteiger partial charge in [0.1, 0.15) is 0 Å². The summed E-state index contributed by atoms with van der Waals surface area (Å²) in [4.78, 5) is 14.7. The van der Waals surface area contributed by atoms with Gasteiger partial charge in [-0.2, -0.15) is 0 Å². The van der Waals surface area contributed by atoms with Crippen molar-refractivity contribution in [3.63, 3.8) is 0 Å². The molecule has 4 nitrogen and oxygen atoms in total. The Kier molecular flexibility index (Phi) is 5.98. The molecule has 4 heteroatoms. The highest BCUT2D eigenvalue weighted by atomic mass is 16.3. The smallest absolute Gasteiger partial charge is 0.237 e. The second kappa shape index (κ2) is 7.75. The summed E-state index contributed by atoms with van der Waals surface area (Å²) in [6.45, 7) is 7.60. The van der Waals surface area contributed by atoms with Gasteiger partial charge < -0.3 is 10.4 Å². The molecule has 1 aliphatic heterocycles. The molecule has 0 saturated carbocycles. The van der Waals surface area contributed by atoms with Gasteiger partial charge in [0.2, 0.25) is 5.91 Å². The number of carbonyl (C=O) groups is 1. The summed E-state index contributed by atoms with van der Waals surface area (Å²) in [5.41, 5.74) is 1.12. The van der Waals surface area contributed by atoms with Gasteiger partial charge in [0, 0.05) is 0 Å². The van der Waals surface area contributed by atoms with Gasteiger partial charge in [-0.25, -0.2) is 0 Å². The Balaban J connectivity index is 1.85. The highest BCUT2D eigenvalue weighted by Crippen LogP contribution is 2.22. The molecule has 0 spiro atoms. The fraction of sp³-hybridized carbons (Fsp3) is 0.611. The lowest BCUT2D eigenvalue weighted by molar-refractivity contribution is -0.127. The molecule has 1 saturated heterocycles. The molecule has 0 aromatic heterocycles. The number of benzene rings is 1. The van der Waals surface area contributed by atoms with E-state index in [1.807, 2.05) is 51.1 Å². The highest BCUT2D eigenvalue weighted by Gasteiger charge is 2.28. The van der Waals surface area contributed by atoms with E-state index in [-0.39, 0.29) is 24.1 Å². The molecule has 122 valence electrons. The van der Waals surface area contributed by atoms with Crippen molar-refractivity contribution < 1.29 is 9.90 Å². The lowest BCUT2D eigenvalue weighted by atomic mass is 9.91. The van der Waals surface area contributed by atoms with Crippen LogP contribution in [-0.4, -0.2) is 41.1 Å². The summed E-state index contributed by atoms with van der Waals surface area (Å²) in [5.74, 6) is 0.446. The third-order valence-electron chi connectivity index (χ3n) is 4.84. The first-order valence-electron chi connectivity index (χ1n) is 8.26. The number of piperidine rings is 1. The van der Waals surface area contributed by atoms with Gasteiger partial charge in [-0.05, 0) is 58.2 Å². The van der Waals surface area contributed by atoms with Crippen LogP contribution in [0.25, 0.3) is 0 Å². The van der Waals surface area contributed by atoms with Gasteiger partial charge in [-0.3, -0.25) is 9.69 Å². The number of aliphatic hydroxyl groups is 1. The summed E-state index contributed by atoms with van der Waals surface area (Å²) < 4.78 is 0. The molecule has 2 rings (SSSR count). The number of rotatable bonds is 5. The summed E-state index contributed by atoms with van der Waals surface area (Å²) >= 11 is 0. The van der Waals surface area contributed by atoms with E-state index in [9.17, 15) is 9.90 Å². The van der Waals surface area contributed by atoms with Crippen molar-refractivity contribution in [2.24, 2.45) is 5.92 Å². The molecule has 1 aromatic rings. The van der Waals surface area contributed by atoms with E-state index in [0.29, 0.717) is 5.92 Å². The Hall–Kier alpha value is -1.39. The molecule has 3 unspecified atom stereocenters. The molecular formula is C18H28N2O2. The Bertz CT molecular complexity index is 467. The quantitative estimate of drug-likeness (QED) is 0.878. The minimum atomic E-state index is -0.246. The van der Waals surface area contributed by atoms with Crippen molar-refractivity contribution in [3.8, 4) is 0 Å². The number of hydrogen-bond acceptors (Lipinski definition) is 3. The predicted octanol–water partition coefficient (Wildman–Crippen LogP) is 2.35. The van der Waals surface area contributed by atoms with E-state index in [2.05, 4.69) is 10.2 Å². The second-order valence-corrected chi connectivity index (χ2v) is 6.43. The maximum Gasteiger partial charge on any atom is 0.237 e. The summed E-state index contributed by atoms with van der Waals surface area (Å²) in [6.07, 6.45) is 1.68. The number of carbonyl (C=O) groups excluding carboxylic acids is 1. The third-order valence-corrected chi connectivity index (χ3v) is 4.84. The van der Waals surface area contributed by atoms with Crippen molar-refractivity contribution in [2.75, 3.05) is 13.1 Å². The number of hydrogen-bond donors (Lipinski definition) is 2. The predicted molar refractivity (Wildman–Crippen MR) is 88.4 cm³/mol. The van der Waals surface area contributed by atoms with Gasteiger partial charge in [0.15, 0.2) is 0 Å². The van der Waals surface area contributed by atoms with Crippen LogP contribution in [0, 0.1) is 5.92 Å². The number of nitrogens with zero attached hydrogens (tertiary/aromatic N) is 1. The zero-order valence-electron chi connectivity index (χ0n) is 13.8. The molecule has 1 heterocycles. The Morgan fingerprint density at radius 1 is 1.18 bits per heavy atom. The first-order valence-corrected chi connectivity index (χ1v) is 8.26. The minimum Gasteiger partial charge on any atom is -0.393 e. The minimum absolute atomic E-state index is 0.0196. The van der Waals surface area contributed by atoms with Crippen LogP contribution in [0.4, 0.5) is 0 Å². The monoisotopic (exact) mass is 304 g/mol. The molecule has 0 bridgehead atoms. The van der Waals surface area contributed by atoms with Gasteiger partial charge in [0.25, 0.3) is 0 Å². The summed E-state index contributed by atoms with van der Waals surface area (Å²) in [6, 6.07) is 9.91. The molecular weight excluding hydrogens is 276 g/mol. The number of amides is 1. The van der Waals surface area contributed by atoms with Gasteiger partial charge in [0.05, 0.1) is 18.2 Å². The van der Waals surface area contributed by atoms with Crippen molar-refractivity contribution >= 4 is 5.91 Å². The van der Waals surface area contributed by atoms with Crippen LogP contribution in [0.1, 0.15) is 45.2 Å². The first kappa shape index (κ1) is 17.0. The van der Waals surface area contributed by atoms with Crippen molar-refractivity contribution in [1.82, 2.24) is 10.2 Å². The molecule has 1 amide bonds. The standard InChI is InChI=1S/C18H28N2O2/c1-13(16-7-5-4-6-8-16)19-18(22)14(2)20-11-9-17(10-12-20)15(3)21/h4-8,13-15,17,21H,9-12H2,1-3H3,(H,19,22). The van der Waals surface area contributed by atoms with Crippen molar-refractivity contribution in [3.05, 3.63) is 35.9 Å². The Morgan fingerprint density at radius 2 is 1.77 bits per heavy atom. The van der Waals surface area contributed by atoms with Crippen molar-refractivity contribution in [2.45, 2.75) is 51.8 Å². The van der Waals surface area contributed by atoms with E-state index in [4.69, 9.17) is 0 Å². The number of aliphatic hydroxyl groups excluding tert-OH is 1. The number of likely N-dealkylation sites (tertiary alicyclic amines) is 1.